The summed E-state index contributed by atoms with van der Waals surface area (Å²) in [5, 5.41) is 3.73. The van der Waals surface area contributed by atoms with Crippen molar-refractivity contribution in [3.8, 4) is 0 Å². The molecule has 0 saturated carbocycles. The number of hydrogen-bond acceptors (Lipinski definition) is 1. The second kappa shape index (κ2) is 7.92. The molecule has 4 heteroatoms. The normalized spacial score (nSPS) is 12.4. The van der Waals surface area contributed by atoms with Crippen LogP contribution in [0.3, 0.4) is 0 Å². The molecule has 2 aromatic rings. The van der Waals surface area contributed by atoms with Crippen molar-refractivity contribution in [2.75, 3.05) is 6.54 Å². The lowest BCUT2D eigenvalue weighted by atomic mass is 9.98. The summed E-state index contributed by atoms with van der Waals surface area (Å²) < 4.78 is 14.6. The monoisotopic (exact) mass is 369 g/mol. The highest BCUT2D eigenvalue weighted by Crippen LogP contribution is 2.29. The van der Waals surface area contributed by atoms with Gasteiger partial charge in [0.1, 0.15) is 5.82 Å². The first kappa shape index (κ1) is 16.5. The van der Waals surface area contributed by atoms with Gasteiger partial charge in [-0.2, -0.15) is 0 Å². The van der Waals surface area contributed by atoms with Gasteiger partial charge in [-0.15, -0.1) is 0 Å². The van der Waals surface area contributed by atoms with Crippen LogP contribution in [0.4, 0.5) is 4.39 Å². The van der Waals surface area contributed by atoms with E-state index >= 15 is 0 Å². The molecule has 0 saturated heterocycles. The third-order valence-corrected chi connectivity index (χ3v) is 4.52. The van der Waals surface area contributed by atoms with E-state index in [0.717, 1.165) is 28.6 Å². The zero-order chi connectivity index (χ0) is 15.2. The van der Waals surface area contributed by atoms with Gasteiger partial charge in [-0.3, -0.25) is 0 Å². The summed E-state index contributed by atoms with van der Waals surface area (Å²) in [4.78, 5) is 0. The van der Waals surface area contributed by atoms with Gasteiger partial charge in [0.25, 0.3) is 0 Å². The molecule has 1 N–H and O–H groups in total. The van der Waals surface area contributed by atoms with Crippen molar-refractivity contribution in [1.82, 2.24) is 5.32 Å². The van der Waals surface area contributed by atoms with E-state index in [-0.39, 0.29) is 16.9 Å². The molecule has 0 heterocycles. The highest BCUT2D eigenvalue weighted by atomic mass is 79.9. The van der Waals surface area contributed by atoms with Crippen molar-refractivity contribution in [1.29, 1.82) is 0 Å². The summed E-state index contributed by atoms with van der Waals surface area (Å²) in [5.41, 5.74) is 1.98. The van der Waals surface area contributed by atoms with Crippen molar-refractivity contribution in [3.63, 3.8) is 0 Å². The molecule has 1 unspecified atom stereocenters. The molecule has 0 aromatic heterocycles. The maximum absolute atomic E-state index is 13.6. The van der Waals surface area contributed by atoms with Crippen molar-refractivity contribution in [3.05, 3.63) is 68.9 Å². The number of hydrogen-bond donors (Lipinski definition) is 1. The van der Waals surface area contributed by atoms with Gasteiger partial charge in [-0.05, 0) is 42.6 Å². The minimum atomic E-state index is -0.365. The maximum atomic E-state index is 13.6. The van der Waals surface area contributed by atoms with Crippen molar-refractivity contribution in [2.24, 2.45) is 0 Å². The smallest absolute Gasteiger partial charge is 0.142 e. The van der Waals surface area contributed by atoms with Crippen LogP contribution in [0.2, 0.25) is 5.02 Å². The fourth-order valence-electron chi connectivity index (χ4n) is 2.29. The van der Waals surface area contributed by atoms with Crippen LogP contribution in [-0.4, -0.2) is 6.54 Å². The lowest BCUT2D eigenvalue weighted by Crippen LogP contribution is -2.24. The summed E-state index contributed by atoms with van der Waals surface area (Å²) >= 11 is 9.67. The largest absolute Gasteiger partial charge is 0.310 e. The average Bonchev–Trinajstić information content (AvgIpc) is 2.48. The number of rotatable bonds is 6. The van der Waals surface area contributed by atoms with Gasteiger partial charge < -0.3 is 5.32 Å². The first-order valence-corrected chi connectivity index (χ1v) is 8.21. The van der Waals surface area contributed by atoms with E-state index in [4.69, 9.17) is 11.6 Å². The fourth-order valence-corrected chi connectivity index (χ4v) is 3.06. The average molecular weight is 371 g/mol. The van der Waals surface area contributed by atoms with E-state index < -0.39 is 0 Å². The topological polar surface area (TPSA) is 12.0 Å². The molecule has 21 heavy (non-hydrogen) atoms. The minimum Gasteiger partial charge on any atom is -0.310 e. The molecule has 1 nitrogen and oxygen atoms in total. The third-order valence-electron chi connectivity index (χ3n) is 3.38. The summed E-state index contributed by atoms with van der Waals surface area (Å²) in [6.07, 6.45) is 1.69. The van der Waals surface area contributed by atoms with Crippen LogP contribution >= 0.6 is 27.5 Å². The Kier molecular flexibility index (Phi) is 6.22. The van der Waals surface area contributed by atoms with E-state index in [0.29, 0.717) is 6.42 Å². The molecule has 0 amide bonds. The summed E-state index contributed by atoms with van der Waals surface area (Å²) in [5.74, 6) is -0.365. The molecule has 2 rings (SSSR count). The molecule has 0 spiro atoms. The van der Waals surface area contributed by atoms with E-state index in [2.05, 4.69) is 34.2 Å². The van der Waals surface area contributed by atoms with Gasteiger partial charge >= 0.3 is 0 Å². The number of benzene rings is 2. The Morgan fingerprint density at radius 1 is 1.19 bits per heavy atom. The second-order valence-electron chi connectivity index (χ2n) is 4.95. The number of nitrogens with one attached hydrogen (secondary N) is 1. The van der Waals surface area contributed by atoms with Crippen LogP contribution in [0, 0.1) is 5.82 Å². The Hall–Kier alpha value is -0.900. The second-order valence-corrected chi connectivity index (χ2v) is 6.18. The Morgan fingerprint density at radius 3 is 2.67 bits per heavy atom. The predicted octanol–water partition coefficient (Wildman–Crippen LogP) is 5.53. The van der Waals surface area contributed by atoms with Gasteiger partial charge in [0, 0.05) is 10.5 Å². The summed E-state index contributed by atoms with van der Waals surface area (Å²) in [6, 6.07) is 13.1. The van der Waals surface area contributed by atoms with Gasteiger partial charge in [0.05, 0.1) is 5.02 Å². The van der Waals surface area contributed by atoms with E-state index in [9.17, 15) is 4.39 Å². The Labute approximate surface area is 138 Å². The quantitative estimate of drug-likeness (QED) is 0.705. The zero-order valence-corrected chi connectivity index (χ0v) is 14.2. The number of halogens is 3. The Morgan fingerprint density at radius 2 is 1.95 bits per heavy atom. The molecule has 0 radical (unpaired) electrons. The lowest BCUT2D eigenvalue weighted by molar-refractivity contribution is 0.525. The molecule has 1 atom stereocenters. The Bertz CT molecular complexity index is 603. The molecular weight excluding hydrogens is 353 g/mol. The predicted molar refractivity (Wildman–Crippen MR) is 90.3 cm³/mol. The first-order valence-electron chi connectivity index (χ1n) is 7.04. The summed E-state index contributed by atoms with van der Waals surface area (Å²) in [6.45, 7) is 3.03. The molecule has 2 aromatic carbocycles. The van der Waals surface area contributed by atoms with Crippen LogP contribution in [0.25, 0.3) is 0 Å². The Balaban J connectivity index is 2.28. The maximum Gasteiger partial charge on any atom is 0.142 e. The minimum absolute atomic E-state index is 0.0971. The lowest BCUT2D eigenvalue weighted by Gasteiger charge is -2.21. The molecular formula is C17H18BrClFN. The molecule has 0 aliphatic carbocycles. The van der Waals surface area contributed by atoms with Crippen LogP contribution in [-0.2, 0) is 6.42 Å². The zero-order valence-electron chi connectivity index (χ0n) is 11.9. The highest BCUT2D eigenvalue weighted by molar-refractivity contribution is 9.10. The van der Waals surface area contributed by atoms with Crippen molar-refractivity contribution in [2.45, 2.75) is 25.8 Å². The SMILES string of the molecule is CCCNC(Cc1cccc(F)c1Cl)c1ccccc1Br. The standard InChI is InChI=1S/C17H18BrClFN/c1-2-10-21-16(13-7-3-4-8-14(13)18)11-12-6-5-9-15(20)17(12)19/h3-9,16,21H,2,10-11H2,1H3. The van der Waals surface area contributed by atoms with Crippen LogP contribution in [0.1, 0.15) is 30.5 Å². The van der Waals surface area contributed by atoms with Crippen LogP contribution in [0.5, 0.6) is 0 Å². The van der Waals surface area contributed by atoms with Crippen molar-refractivity contribution >= 4 is 27.5 Å². The van der Waals surface area contributed by atoms with E-state index in [1.54, 1.807) is 6.07 Å². The molecule has 0 aliphatic heterocycles. The fraction of sp³-hybridized carbons (Fsp3) is 0.294. The third kappa shape index (κ3) is 4.29. The van der Waals surface area contributed by atoms with Crippen LogP contribution < -0.4 is 5.32 Å². The van der Waals surface area contributed by atoms with Gasteiger partial charge in [0.2, 0.25) is 0 Å². The van der Waals surface area contributed by atoms with Crippen LogP contribution in [0.15, 0.2) is 46.9 Å². The van der Waals surface area contributed by atoms with E-state index in [1.165, 1.54) is 6.07 Å². The van der Waals surface area contributed by atoms with Gasteiger partial charge in [-0.25, -0.2) is 4.39 Å². The van der Waals surface area contributed by atoms with E-state index in [1.807, 2.05) is 24.3 Å². The first-order chi connectivity index (χ1) is 10.1. The molecule has 0 fully saturated rings. The summed E-state index contributed by atoms with van der Waals surface area (Å²) in [7, 11) is 0. The van der Waals surface area contributed by atoms with Gasteiger partial charge in [-0.1, -0.05) is 64.8 Å². The highest BCUT2D eigenvalue weighted by Gasteiger charge is 2.16. The van der Waals surface area contributed by atoms with Gasteiger partial charge in [0.15, 0.2) is 0 Å². The van der Waals surface area contributed by atoms with Crippen molar-refractivity contribution < 1.29 is 4.39 Å². The molecule has 112 valence electrons. The molecule has 0 bridgehead atoms. The molecule has 0 aliphatic rings.